The van der Waals surface area contributed by atoms with E-state index in [9.17, 15) is 0 Å². The molecule has 0 amide bonds. The third kappa shape index (κ3) is 2.48. The monoisotopic (exact) mass is 306 g/mol. The molecule has 0 N–H and O–H groups in total. The summed E-state index contributed by atoms with van der Waals surface area (Å²) in [5, 5.41) is 8.38. The van der Waals surface area contributed by atoms with Crippen LogP contribution in [0.5, 0.6) is 0 Å². The highest BCUT2D eigenvalue weighted by atomic mass is 79.9. The number of rotatable bonds is 2. The molecule has 1 aliphatic rings. The highest BCUT2D eigenvalue weighted by molar-refractivity contribution is 9.10. The van der Waals surface area contributed by atoms with E-state index in [4.69, 9.17) is 4.42 Å². The first kappa shape index (κ1) is 11.9. The molecular formula is C14H15BrN2O. The van der Waals surface area contributed by atoms with Crippen LogP contribution in [0.4, 0.5) is 0 Å². The van der Waals surface area contributed by atoms with Gasteiger partial charge in [0.25, 0.3) is 0 Å². The zero-order valence-corrected chi connectivity index (χ0v) is 11.7. The molecule has 0 saturated heterocycles. The van der Waals surface area contributed by atoms with Gasteiger partial charge in [0, 0.05) is 16.0 Å². The zero-order valence-electron chi connectivity index (χ0n) is 10.1. The van der Waals surface area contributed by atoms with E-state index in [2.05, 4.69) is 26.1 Å². The average Bonchev–Trinajstić information content (AvgIpc) is 2.89. The van der Waals surface area contributed by atoms with Gasteiger partial charge in [-0.25, -0.2) is 0 Å². The second-order valence-corrected chi connectivity index (χ2v) is 5.71. The number of halogens is 1. The standard InChI is InChI=1S/C14H15BrN2O/c15-12-8-4-7-11(9-12)14-17-16-13(18-14)10-5-2-1-3-6-10/h4,7-10H,1-3,5-6H2. The van der Waals surface area contributed by atoms with Crippen LogP contribution in [0.25, 0.3) is 11.5 Å². The van der Waals surface area contributed by atoms with E-state index in [1.54, 1.807) is 0 Å². The molecule has 1 heterocycles. The molecule has 0 unspecified atom stereocenters. The average molecular weight is 307 g/mol. The fourth-order valence-corrected chi connectivity index (χ4v) is 2.89. The SMILES string of the molecule is Brc1cccc(-c2nnc(C3CCCCC3)o2)c1. The Bertz CT molecular complexity index is 532. The van der Waals surface area contributed by atoms with Crippen molar-refractivity contribution in [3.8, 4) is 11.5 Å². The van der Waals surface area contributed by atoms with E-state index < -0.39 is 0 Å². The van der Waals surface area contributed by atoms with Gasteiger partial charge in [0.05, 0.1) is 0 Å². The maximum atomic E-state index is 5.82. The number of hydrogen-bond donors (Lipinski definition) is 0. The highest BCUT2D eigenvalue weighted by Gasteiger charge is 2.21. The summed E-state index contributed by atoms with van der Waals surface area (Å²) >= 11 is 3.45. The molecule has 3 rings (SSSR count). The first-order valence-electron chi connectivity index (χ1n) is 6.42. The van der Waals surface area contributed by atoms with E-state index in [0.29, 0.717) is 11.8 Å². The van der Waals surface area contributed by atoms with E-state index in [-0.39, 0.29) is 0 Å². The predicted molar refractivity (Wildman–Crippen MR) is 73.3 cm³/mol. The minimum atomic E-state index is 0.465. The molecular weight excluding hydrogens is 292 g/mol. The van der Waals surface area contributed by atoms with Gasteiger partial charge in [0.2, 0.25) is 11.8 Å². The van der Waals surface area contributed by atoms with Crippen LogP contribution in [0.2, 0.25) is 0 Å². The van der Waals surface area contributed by atoms with Crippen LogP contribution in [0, 0.1) is 0 Å². The Kier molecular flexibility index (Phi) is 3.46. The third-order valence-electron chi connectivity index (χ3n) is 3.47. The summed E-state index contributed by atoms with van der Waals surface area (Å²) in [6.45, 7) is 0. The van der Waals surface area contributed by atoms with Gasteiger partial charge in [-0.05, 0) is 31.0 Å². The first-order chi connectivity index (χ1) is 8.83. The van der Waals surface area contributed by atoms with Crippen molar-refractivity contribution in [3.05, 3.63) is 34.6 Å². The first-order valence-corrected chi connectivity index (χ1v) is 7.21. The Labute approximate surface area is 115 Å². The van der Waals surface area contributed by atoms with Crippen LogP contribution < -0.4 is 0 Å². The van der Waals surface area contributed by atoms with Crippen molar-refractivity contribution in [2.24, 2.45) is 0 Å². The van der Waals surface area contributed by atoms with Gasteiger partial charge in [0.15, 0.2) is 0 Å². The van der Waals surface area contributed by atoms with Crippen molar-refractivity contribution in [2.75, 3.05) is 0 Å². The summed E-state index contributed by atoms with van der Waals surface area (Å²) in [5.74, 6) is 1.90. The van der Waals surface area contributed by atoms with Crippen molar-refractivity contribution in [3.63, 3.8) is 0 Å². The summed E-state index contributed by atoms with van der Waals surface area (Å²) in [6.07, 6.45) is 6.25. The van der Waals surface area contributed by atoms with Gasteiger partial charge in [-0.2, -0.15) is 0 Å². The lowest BCUT2D eigenvalue weighted by Gasteiger charge is -2.17. The van der Waals surface area contributed by atoms with Gasteiger partial charge < -0.3 is 4.42 Å². The van der Waals surface area contributed by atoms with Crippen LogP contribution in [0.15, 0.2) is 33.2 Å². The number of hydrogen-bond acceptors (Lipinski definition) is 3. The molecule has 1 aromatic carbocycles. The Morgan fingerprint density at radius 3 is 2.72 bits per heavy atom. The summed E-state index contributed by atoms with van der Waals surface area (Å²) in [5.41, 5.74) is 0.971. The molecule has 94 valence electrons. The summed E-state index contributed by atoms with van der Waals surface area (Å²) in [4.78, 5) is 0. The molecule has 0 aliphatic heterocycles. The number of benzene rings is 1. The second-order valence-electron chi connectivity index (χ2n) is 4.79. The molecule has 0 radical (unpaired) electrons. The molecule has 0 spiro atoms. The van der Waals surface area contributed by atoms with Crippen LogP contribution in [0.3, 0.4) is 0 Å². The molecule has 3 nitrogen and oxygen atoms in total. The van der Waals surface area contributed by atoms with Crippen LogP contribution in [-0.4, -0.2) is 10.2 Å². The Morgan fingerprint density at radius 2 is 1.94 bits per heavy atom. The van der Waals surface area contributed by atoms with Gasteiger partial charge in [-0.3, -0.25) is 0 Å². The van der Waals surface area contributed by atoms with Crippen molar-refractivity contribution < 1.29 is 4.42 Å². The predicted octanol–water partition coefficient (Wildman–Crippen LogP) is 4.55. The lowest BCUT2D eigenvalue weighted by atomic mass is 9.89. The van der Waals surface area contributed by atoms with Crippen molar-refractivity contribution in [2.45, 2.75) is 38.0 Å². The van der Waals surface area contributed by atoms with E-state index in [0.717, 1.165) is 15.9 Å². The summed E-state index contributed by atoms with van der Waals surface area (Å²) in [6, 6.07) is 7.95. The van der Waals surface area contributed by atoms with E-state index in [1.807, 2.05) is 24.3 Å². The smallest absolute Gasteiger partial charge is 0.247 e. The normalized spacial score (nSPS) is 16.9. The fraction of sp³-hybridized carbons (Fsp3) is 0.429. The highest BCUT2D eigenvalue weighted by Crippen LogP contribution is 2.33. The van der Waals surface area contributed by atoms with Crippen molar-refractivity contribution in [1.29, 1.82) is 0 Å². The van der Waals surface area contributed by atoms with Crippen molar-refractivity contribution in [1.82, 2.24) is 10.2 Å². The summed E-state index contributed by atoms with van der Waals surface area (Å²) < 4.78 is 6.85. The maximum absolute atomic E-state index is 5.82. The van der Waals surface area contributed by atoms with Crippen LogP contribution >= 0.6 is 15.9 Å². The van der Waals surface area contributed by atoms with Gasteiger partial charge in [-0.15, -0.1) is 10.2 Å². The maximum Gasteiger partial charge on any atom is 0.247 e. The molecule has 1 saturated carbocycles. The molecule has 1 fully saturated rings. The lowest BCUT2D eigenvalue weighted by Crippen LogP contribution is -2.04. The molecule has 1 aromatic heterocycles. The number of nitrogens with zero attached hydrogens (tertiary/aromatic N) is 2. The van der Waals surface area contributed by atoms with Crippen LogP contribution in [-0.2, 0) is 0 Å². The molecule has 18 heavy (non-hydrogen) atoms. The molecule has 4 heteroatoms. The Morgan fingerprint density at radius 1 is 1.11 bits per heavy atom. The quantitative estimate of drug-likeness (QED) is 0.817. The molecule has 0 bridgehead atoms. The summed E-state index contributed by atoms with van der Waals surface area (Å²) in [7, 11) is 0. The van der Waals surface area contributed by atoms with Gasteiger partial charge in [-0.1, -0.05) is 41.3 Å². The molecule has 2 aromatic rings. The largest absolute Gasteiger partial charge is 0.420 e. The Balaban J connectivity index is 1.84. The van der Waals surface area contributed by atoms with E-state index in [1.165, 1.54) is 32.1 Å². The topological polar surface area (TPSA) is 38.9 Å². The minimum absolute atomic E-state index is 0.465. The van der Waals surface area contributed by atoms with Crippen molar-refractivity contribution >= 4 is 15.9 Å². The molecule has 0 atom stereocenters. The second kappa shape index (κ2) is 5.22. The molecule has 1 aliphatic carbocycles. The number of aromatic nitrogens is 2. The van der Waals surface area contributed by atoms with Gasteiger partial charge in [0.1, 0.15) is 0 Å². The van der Waals surface area contributed by atoms with Gasteiger partial charge >= 0.3 is 0 Å². The zero-order chi connectivity index (χ0) is 12.4. The fourth-order valence-electron chi connectivity index (χ4n) is 2.49. The Hall–Kier alpha value is -1.16. The van der Waals surface area contributed by atoms with Crippen LogP contribution in [0.1, 0.15) is 43.9 Å². The lowest BCUT2D eigenvalue weighted by molar-refractivity contribution is 0.367. The van der Waals surface area contributed by atoms with E-state index >= 15 is 0 Å². The minimum Gasteiger partial charge on any atom is -0.420 e. The third-order valence-corrected chi connectivity index (χ3v) is 3.96.